The van der Waals surface area contributed by atoms with Crippen molar-refractivity contribution in [1.82, 2.24) is 10.6 Å². The maximum Gasteiger partial charge on any atom is 0.401 e. The number of hydrogen-bond acceptors (Lipinski definition) is 2. The van der Waals surface area contributed by atoms with Crippen LogP contribution in [0.1, 0.15) is 24.1 Å². The van der Waals surface area contributed by atoms with Gasteiger partial charge >= 0.3 is 6.18 Å². The second-order valence-corrected chi connectivity index (χ2v) is 4.36. The van der Waals surface area contributed by atoms with Crippen molar-refractivity contribution in [1.29, 1.82) is 0 Å². The summed E-state index contributed by atoms with van der Waals surface area (Å²) < 4.78 is 35.7. The number of aryl methyl sites for hydroxylation is 1. The summed E-state index contributed by atoms with van der Waals surface area (Å²) in [6.45, 7) is 2.19. The number of alkyl halides is 3. The molecule has 2 N–H and O–H groups in total. The van der Waals surface area contributed by atoms with Gasteiger partial charge in [-0.1, -0.05) is 24.3 Å². The Hall–Kier alpha value is -1.56. The minimum atomic E-state index is -4.30. The monoisotopic (exact) mass is 274 g/mol. The Kier molecular flexibility index (Phi) is 5.35. The molecule has 0 aliphatic carbocycles. The number of amides is 1. The molecule has 1 amide bonds. The van der Waals surface area contributed by atoms with E-state index in [-0.39, 0.29) is 12.6 Å². The minimum absolute atomic E-state index is 0.235. The zero-order valence-electron chi connectivity index (χ0n) is 10.8. The van der Waals surface area contributed by atoms with Crippen molar-refractivity contribution < 1.29 is 18.0 Å². The number of nitrogens with one attached hydrogen (secondary N) is 2. The number of benzene rings is 1. The number of halogens is 3. The lowest BCUT2D eigenvalue weighted by Crippen LogP contribution is -2.39. The fourth-order valence-electron chi connectivity index (χ4n) is 1.76. The lowest BCUT2D eigenvalue weighted by Gasteiger charge is -2.17. The topological polar surface area (TPSA) is 41.1 Å². The number of rotatable bonds is 5. The summed E-state index contributed by atoms with van der Waals surface area (Å²) in [7, 11) is 0. The van der Waals surface area contributed by atoms with Gasteiger partial charge in [-0.25, -0.2) is 0 Å². The molecule has 1 rings (SSSR count). The van der Waals surface area contributed by atoms with E-state index in [1.165, 1.54) is 0 Å². The lowest BCUT2D eigenvalue weighted by atomic mass is 10.0. The molecule has 3 nitrogen and oxygen atoms in total. The van der Waals surface area contributed by atoms with E-state index < -0.39 is 18.6 Å². The average molecular weight is 274 g/mol. The zero-order chi connectivity index (χ0) is 14.5. The first-order valence-corrected chi connectivity index (χ1v) is 5.92. The highest BCUT2D eigenvalue weighted by molar-refractivity contribution is 5.78. The third-order valence-corrected chi connectivity index (χ3v) is 2.64. The Morgan fingerprint density at radius 3 is 2.53 bits per heavy atom. The second kappa shape index (κ2) is 6.56. The highest BCUT2D eigenvalue weighted by Gasteiger charge is 2.26. The first-order chi connectivity index (χ1) is 8.79. The van der Waals surface area contributed by atoms with E-state index in [0.717, 1.165) is 11.1 Å². The Labute approximate surface area is 110 Å². The average Bonchev–Trinajstić information content (AvgIpc) is 2.27. The number of carbonyl (C=O) groups is 1. The van der Waals surface area contributed by atoms with E-state index in [9.17, 15) is 18.0 Å². The SMILES string of the molecule is Cc1ccccc1[C@H](C)NC(=O)CNCC(F)(F)F. The first-order valence-electron chi connectivity index (χ1n) is 5.92. The molecule has 0 fully saturated rings. The van der Waals surface area contributed by atoms with Gasteiger partial charge in [-0.3, -0.25) is 4.79 Å². The van der Waals surface area contributed by atoms with Crippen LogP contribution >= 0.6 is 0 Å². The third-order valence-electron chi connectivity index (χ3n) is 2.64. The van der Waals surface area contributed by atoms with Crippen molar-refractivity contribution >= 4 is 5.91 Å². The molecule has 106 valence electrons. The highest BCUT2D eigenvalue weighted by atomic mass is 19.4. The summed E-state index contributed by atoms with van der Waals surface area (Å²) in [5.41, 5.74) is 1.98. The Bertz CT molecular complexity index is 432. The van der Waals surface area contributed by atoms with Crippen LogP contribution in [0.25, 0.3) is 0 Å². The molecule has 6 heteroatoms. The standard InChI is InChI=1S/C13H17F3N2O/c1-9-5-3-4-6-11(9)10(2)18-12(19)7-17-8-13(14,15)16/h3-6,10,17H,7-8H2,1-2H3,(H,18,19)/t10-/m0/s1. The van der Waals surface area contributed by atoms with Gasteiger partial charge in [-0.05, 0) is 25.0 Å². The quantitative estimate of drug-likeness (QED) is 0.865. The minimum Gasteiger partial charge on any atom is -0.348 e. The molecule has 0 aliphatic rings. The fraction of sp³-hybridized carbons (Fsp3) is 0.462. The fourth-order valence-corrected chi connectivity index (χ4v) is 1.76. The molecule has 0 aromatic heterocycles. The summed E-state index contributed by atoms with van der Waals surface area (Å²) in [6, 6.07) is 7.30. The Morgan fingerprint density at radius 2 is 1.95 bits per heavy atom. The molecule has 19 heavy (non-hydrogen) atoms. The van der Waals surface area contributed by atoms with Crippen molar-refractivity contribution in [2.45, 2.75) is 26.1 Å². The van der Waals surface area contributed by atoms with Crippen LogP contribution in [0.15, 0.2) is 24.3 Å². The van der Waals surface area contributed by atoms with Gasteiger partial charge in [0.05, 0.1) is 19.1 Å². The van der Waals surface area contributed by atoms with Crippen LogP contribution in [0.3, 0.4) is 0 Å². The Morgan fingerprint density at radius 1 is 1.32 bits per heavy atom. The van der Waals surface area contributed by atoms with E-state index in [2.05, 4.69) is 10.6 Å². The van der Waals surface area contributed by atoms with Gasteiger partial charge < -0.3 is 10.6 Å². The molecule has 1 atom stereocenters. The summed E-state index contributed by atoms with van der Waals surface area (Å²) in [5, 5.41) is 4.71. The van der Waals surface area contributed by atoms with Gasteiger partial charge in [0.15, 0.2) is 0 Å². The smallest absolute Gasteiger partial charge is 0.348 e. The summed E-state index contributed by atoms with van der Waals surface area (Å²) in [6.07, 6.45) is -4.30. The highest BCUT2D eigenvalue weighted by Crippen LogP contribution is 2.16. The first kappa shape index (κ1) is 15.5. The van der Waals surface area contributed by atoms with Crippen molar-refractivity contribution in [2.24, 2.45) is 0 Å². The van der Waals surface area contributed by atoms with Crippen molar-refractivity contribution in [2.75, 3.05) is 13.1 Å². The van der Waals surface area contributed by atoms with Crippen LogP contribution in [0, 0.1) is 6.92 Å². The Balaban J connectivity index is 2.43. The summed E-state index contributed by atoms with van der Waals surface area (Å²) >= 11 is 0. The molecule has 1 aromatic carbocycles. The van der Waals surface area contributed by atoms with Crippen molar-refractivity contribution in [3.05, 3.63) is 35.4 Å². The number of hydrogen-bond donors (Lipinski definition) is 2. The summed E-state index contributed by atoms with van der Waals surface area (Å²) in [4.78, 5) is 11.5. The molecule has 0 heterocycles. The molecule has 1 aromatic rings. The third kappa shape index (κ3) is 5.74. The predicted octanol–water partition coefficient (Wildman–Crippen LogP) is 2.32. The van der Waals surface area contributed by atoms with Crippen LogP contribution in [-0.4, -0.2) is 25.2 Å². The molecule has 0 saturated carbocycles. The molecular formula is C13H17F3N2O. The van der Waals surface area contributed by atoms with E-state index in [1.807, 2.05) is 31.2 Å². The maximum atomic E-state index is 11.9. The van der Waals surface area contributed by atoms with Gasteiger partial charge in [-0.15, -0.1) is 0 Å². The summed E-state index contributed by atoms with van der Waals surface area (Å²) in [5.74, 6) is -0.458. The molecular weight excluding hydrogens is 257 g/mol. The van der Waals surface area contributed by atoms with Gasteiger partial charge in [0, 0.05) is 0 Å². The molecule has 0 radical (unpaired) electrons. The number of carbonyl (C=O) groups excluding carboxylic acids is 1. The molecule has 0 unspecified atom stereocenters. The normalized spacial score (nSPS) is 13.1. The van der Waals surface area contributed by atoms with Crippen molar-refractivity contribution in [3.8, 4) is 0 Å². The van der Waals surface area contributed by atoms with E-state index in [4.69, 9.17) is 0 Å². The van der Waals surface area contributed by atoms with Crippen LogP contribution in [-0.2, 0) is 4.79 Å². The second-order valence-electron chi connectivity index (χ2n) is 4.36. The van der Waals surface area contributed by atoms with Crippen LogP contribution in [0.4, 0.5) is 13.2 Å². The predicted molar refractivity (Wildman–Crippen MR) is 66.7 cm³/mol. The van der Waals surface area contributed by atoms with E-state index in [0.29, 0.717) is 0 Å². The maximum absolute atomic E-state index is 11.9. The van der Waals surface area contributed by atoms with Crippen LogP contribution in [0.2, 0.25) is 0 Å². The molecule has 0 bridgehead atoms. The van der Waals surface area contributed by atoms with E-state index >= 15 is 0 Å². The van der Waals surface area contributed by atoms with Crippen LogP contribution in [0.5, 0.6) is 0 Å². The van der Waals surface area contributed by atoms with E-state index in [1.54, 1.807) is 6.92 Å². The molecule has 0 saturated heterocycles. The van der Waals surface area contributed by atoms with Crippen molar-refractivity contribution in [3.63, 3.8) is 0 Å². The zero-order valence-corrected chi connectivity index (χ0v) is 10.8. The lowest BCUT2D eigenvalue weighted by molar-refractivity contribution is -0.128. The van der Waals surface area contributed by atoms with Gasteiger partial charge in [0.2, 0.25) is 5.91 Å². The molecule has 0 aliphatic heterocycles. The van der Waals surface area contributed by atoms with Crippen LogP contribution < -0.4 is 10.6 Å². The van der Waals surface area contributed by atoms with Gasteiger partial charge in [0.25, 0.3) is 0 Å². The molecule has 0 spiro atoms. The largest absolute Gasteiger partial charge is 0.401 e. The van der Waals surface area contributed by atoms with Gasteiger partial charge in [0.1, 0.15) is 0 Å². The van der Waals surface area contributed by atoms with Gasteiger partial charge in [-0.2, -0.15) is 13.2 Å².